The van der Waals surface area contributed by atoms with Gasteiger partial charge in [0.15, 0.2) is 5.11 Å². The zero-order valence-electron chi connectivity index (χ0n) is 14.1. The SMILES string of the molecule is Cc1c(C(=O)NC(=S)NCCCN2CCOCC2)cccc1[N+](=O)[O-]. The fourth-order valence-electron chi connectivity index (χ4n) is 2.61. The number of nitro groups is 1. The average molecular weight is 366 g/mol. The van der Waals surface area contributed by atoms with Crippen LogP contribution in [-0.4, -0.2) is 60.2 Å². The van der Waals surface area contributed by atoms with Crippen molar-refractivity contribution in [2.75, 3.05) is 39.4 Å². The van der Waals surface area contributed by atoms with Crippen LogP contribution in [0.2, 0.25) is 0 Å². The standard InChI is InChI=1S/C16H22N4O4S/c1-12-13(4-2-5-14(12)20(22)23)15(21)18-16(25)17-6-3-7-19-8-10-24-11-9-19/h2,4-5H,3,6-11H2,1H3,(H2,17,18,21,25). The van der Waals surface area contributed by atoms with E-state index in [-0.39, 0.29) is 16.4 Å². The molecule has 1 saturated heterocycles. The number of nitro benzene ring substituents is 1. The predicted molar refractivity (Wildman–Crippen MR) is 97.8 cm³/mol. The van der Waals surface area contributed by atoms with E-state index in [1.807, 2.05) is 0 Å². The lowest BCUT2D eigenvalue weighted by atomic mass is 10.1. The van der Waals surface area contributed by atoms with Crippen molar-refractivity contribution in [2.45, 2.75) is 13.3 Å². The Bertz CT molecular complexity index is 647. The van der Waals surface area contributed by atoms with E-state index in [0.29, 0.717) is 12.1 Å². The van der Waals surface area contributed by atoms with Gasteiger partial charge in [-0.2, -0.15) is 0 Å². The van der Waals surface area contributed by atoms with Gasteiger partial charge >= 0.3 is 0 Å². The molecule has 0 unspecified atom stereocenters. The summed E-state index contributed by atoms with van der Waals surface area (Å²) in [5, 5.41) is 16.7. The highest BCUT2D eigenvalue weighted by atomic mass is 32.1. The third-order valence-corrected chi connectivity index (χ3v) is 4.26. The van der Waals surface area contributed by atoms with Crippen molar-refractivity contribution in [3.63, 3.8) is 0 Å². The quantitative estimate of drug-likeness (QED) is 0.338. The summed E-state index contributed by atoms with van der Waals surface area (Å²) in [5.41, 5.74) is 0.476. The number of nitrogens with zero attached hydrogens (tertiary/aromatic N) is 2. The largest absolute Gasteiger partial charge is 0.379 e. The molecule has 8 nitrogen and oxygen atoms in total. The Morgan fingerprint density at radius 2 is 2.12 bits per heavy atom. The minimum absolute atomic E-state index is 0.0861. The van der Waals surface area contributed by atoms with E-state index in [4.69, 9.17) is 17.0 Å². The molecular formula is C16H22N4O4S. The van der Waals surface area contributed by atoms with E-state index < -0.39 is 10.8 Å². The zero-order chi connectivity index (χ0) is 18.2. The number of amides is 1. The van der Waals surface area contributed by atoms with E-state index >= 15 is 0 Å². The Morgan fingerprint density at radius 1 is 1.40 bits per heavy atom. The maximum atomic E-state index is 12.2. The minimum atomic E-state index is -0.506. The molecule has 1 aliphatic rings. The smallest absolute Gasteiger partial charge is 0.273 e. The number of ether oxygens (including phenoxy) is 1. The van der Waals surface area contributed by atoms with Crippen molar-refractivity contribution in [3.8, 4) is 0 Å². The lowest BCUT2D eigenvalue weighted by molar-refractivity contribution is -0.385. The van der Waals surface area contributed by atoms with Crippen molar-refractivity contribution in [2.24, 2.45) is 0 Å². The number of benzene rings is 1. The van der Waals surface area contributed by atoms with Crippen LogP contribution in [0.4, 0.5) is 5.69 Å². The van der Waals surface area contributed by atoms with E-state index in [9.17, 15) is 14.9 Å². The monoisotopic (exact) mass is 366 g/mol. The second-order valence-corrected chi connectivity index (χ2v) is 6.13. The molecular weight excluding hydrogens is 344 g/mol. The summed E-state index contributed by atoms with van der Waals surface area (Å²) in [6, 6.07) is 4.39. The fraction of sp³-hybridized carbons (Fsp3) is 0.500. The van der Waals surface area contributed by atoms with Crippen LogP contribution in [0.15, 0.2) is 18.2 Å². The molecule has 1 amide bonds. The number of hydrogen-bond acceptors (Lipinski definition) is 6. The summed E-state index contributed by atoms with van der Waals surface area (Å²) < 4.78 is 5.30. The van der Waals surface area contributed by atoms with Crippen LogP contribution in [0, 0.1) is 17.0 Å². The first-order chi connectivity index (χ1) is 12.0. The molecule has 0 bridgehead atoms. The van der Waals surface area contributed by atoms with Gasteiger partial charge in [-0.1, -0.05) is 6.07 Å². The molecule has 1 fully saturated rings. The Labute approximate surface area is 151 Å². The third kappa shape index (κ3) is 5.73. The Morgan fingerprint density at radius 3 is 2.80 bits per heavy atom. The summed E-state index contributed by atoms with van der Waals surface area (Å²) in [7, 11) is 0. The maximum absolute atomic E-state index is 12.2. The van der Waals surface area contributed by atoms with E-state index in [0.717, 1.165) is 39.3 Å². The molecule has 2 N–H and O–H groups in total. The molecule has 0 saturated carbocycles. The predicted octanol–water partition coefficient (Wildman–Crippen LogP) is 1.23. The second-order valence-electron chi connectivity index (χ2n) is 5.72. The van der Waals surface area contributed by atoms with Crippen molar-refractivity contribution in [1.82, 2.24) is 15.5 Å². The van der Waals surface area contributed by atoms with Crippen molar-refractivity contribution >= 4 is 28.9 Å². The number of nitrogens with one attached hydrogen (secondary N) is 2. The van der Waals surface area contributed by atoms with Crippen molar-refractivity contribution < 1.29 is 14.5 Å². The van der Waals surface area contributed by atoms with Gasteiger partial charge in [-0.05, 0) is 38.2 Å². The Kier molecular flexibility index (Phi) is 7.23. The summed E-state index contributed by atoms with van der Waals surface area (Å²) in [6.45, 7) is 6.54. The zero-order valence-corrected chi connectivity index (χ0v) is 14.9. The van der Waals surface area contributed by atoms with Crippen molar-refractivity contribution in [3.05, 3.63) is 39.4 Å². The summed E-state index contributed by atoms with van der Waals surface area (Å²) in [5.74, 6) is -0.452. The first kappa shape index (κ1) is 19.2. The van der Waals surface area contributed by atoms with Gasteiger partial charge in [0.1, 0.15) is 0 Å². The highest BCUT2D eigenvalue weighted by Crippen LogP contribution is 2.20. The first-order valence-electron chi connectivity index (χ1n) is 8.12. The molecule has 0 radical (unpaired) electrons. The number of hydrogen-bond donors (Lipinski definition) is 2. The molecule has 1 heterocycles. The summed E-state index contributed by atoms with van der Waals surface area (Å²) in [6.07, 6.45) is 0.895. The third-order valence-electron chi connectivity index (χ3n) is 4.01. The highest BCUT2D eigenvalue weighted by molar-refractivity contribution is 7.80. The molecule has 0 atom stereocenters. The van der Waals surface area contributed by atoms with Gasteiger partial charge in [-0.25, -0.2) is 0 Å². The molecule has 0 aromatic heterocycles. The number of thiocarbonyl (C=S) groups is 1. The van der Waals surface area contributed by atoms with Crippen LogP contribution in [0.5, 0.6) is 0 Å². The van der Waals surface area contributed by atoms with Gasteiger partial charge in [-0.3, -0.25) is 25.1 Å². The Hall–Kier alpha value is -2.10. The molecule has 1 aliphatic heterocycles. The van der Waals surface area contributed by atoms with Gasteiger partial charge in [-0.15, -0.1) is 0 Å². The lowest BCUT2D eigenvalue weighted by Gasteiger charge is -2.26. The number of rotatable bonds is 6. The lowest BCUT2D eigenvalue weighted by Crippen LogP contribution is -2.41. The van der Waals surface area contributed by atoms with Gasteiger partial charge in [0, 0.05) is 36.8 Å². The average Bonchev–Trinajstić information content (AvgIpc) is 2.59. The van der Waals surface area contributed by atoms with E-state index in [2.05, 4.69) is 15.5 Å². The van der Waals surface area contributed by atoms with E-state index in [1.165, 1.54) is 12.1 Å². The summed E-state index contributed by atoms with van der Waals surface area (Å²) >= 11 is 5.12. The first-order valence-corrected chi connectivity index (χ1v) is 8.53. The number of carbonyl (C=O) groups is 1. The molecule has 136 valence electrons. The molecule has 1 aromatic carbocycles. The molecule has 0 aliphatic carbocycles. The topological polar surface area (TPSA) is 96.7 Å². The van der Waals surface area contributed by atoms with Gasteiger partial charge < -0.3 is 10.1 Å². The Balaban J connectivity index is 1.77. The van der Waals surface area contributed by atoms with Gasteiger partial charge in [0.2, 0.25) is 0 Å². The van der Waals surface area contributed by atoms with Crippen molar-refractivity contribution in [1.29, 1.82) is 0 Å². The van der Waals surface area contributed by atoms with Gasteiger partial charge in [0.05, 0.1) is 18.1 Å². The van der Waals surface area contributed by atoms with Crippen LogP contribution in [0.1, 0.15) is 22.3 Å². The van der Waals surface area contributed by atoms with Crippen LogP contribution < -0.4 is 10.6 Å². The fourth-order valence-corrected chi connectivity index (χ4v) is 2.81. The van der Waals surface area contributed by atoms with Gasteiger partial charge in [0.25, 0.3) is 11.6 Å². The van der Waals surface area contributed by atoms with Crippen LogP contribution in [0.25, 0.3) is 0 Å². The molecule has 25 heavy (non-hydrogen) atoms. The van der Waals surface area contributed by atoms with Crippen LogP contribution in [0.3, 0.4) is 0 Å². The minimum Gasteiger partial charge on any atom is -0.379 e. The summed E-state index contributed by atoms with van der Waals surface area (Å²) in [4.78, 5) is 25.0. The molecule has 9 heteroatoms. The number of carbonyl (C=O) groups excluding carboxylic acids is 1. The van der Waals surface area contributed by atoms with Crippen LogP contribution >= 0.6 is 12.2 Å². The molecule has 1 aromatic rings. The number of morpholine rings is 1. The second kappa shape index (κ2) is 9.40. The highest BCUT2D eigenvalue weighted by Gasteiger charge is 2.18. The molecule has 2 rings (SSSR count). The molecule has 0 spiro atoms. The van der Waals surface area contributed by atoms with Crippen LogP contribution in [-0.2, 0) is 4.74 Å². The van der Waals surface area contributed by atoms with E-state index in [1.54, 1.807) is 13.0 Å². The normalized spacial score (nSPS) is 14.8. The maximum Gasteiger partial charge on any atom is 0.273 e.